The van der Waals surface area contributed by atoms with Crippen LogP contribution >= 0.6 is 0 Å². The first kappa shape index (κ1) is 15.5. The molecule has 0 aliphatic rings. The van der Waals surface area contributed by atoms with Crippen molar-refractivity contribution in [3.05, 3.63) is 29.8 Å². The monoisotopic (exact) mass is 266 g/mol. The van der Waals surface area contributed by atoms with Crippen molar-refractivity contribution in [2.45, 2.75) is 19.4 Å². The van der Waals surface area contributed by atoms with E-state index in [9.17, 15) is 4.79 Å². The molecule has 0 aromatic heterocycles. The van der Waals surface area contributed by atoms with Gasteiger partial charge < -0.3 is 20.5 Å². The standard InChI is InChI=1S/C14H22N2O3/c1-3-13(15)11-4-6-12(7-5-11)19-10-14(17)16-8-9-18-2/h4-7,13H,3,8-10,15H2,1-2H3,(H,16,17). The highest BCUT2D eigenvalue weighted by molar-refractivity contribution is 5.77. The highest BCUT2D eigenvalue weighted by Crippen LogP contribution is 2.18. The summed E-state index contributed by atoms with van der Waals surface area (Å²) < 4.78 is 10.2. The van der Waals surface area contributed by atoms with Crippen LogP contribution in [0.5, 0.6) is 5.75 Å². The van der Waals surface area contributed by atoms with Crippen molar-refractivity contribution in [1.29, 1.82) is 0 Å². The van der Waals surface area contributed by atoms with Crippen molar-refractivity contribution in [3.8, 4) is 5.75 Å². The van der Waals surface area contributed by atoms with Crippen molar-refractivity contribution < 1.29 is 14.3 Å². The Morgan fingerprint density at radius 3 is 2.63 bits per heavy atom. The third-order valence-electron chi connectivity index (χ3n) is 2.75. The van der Waals surface area contributed by atoms with E-state index in [0.29, 0.717) is 18.9 Å². The van der Waals surface area contributed by atoms with Crippen LogP contribution in [0.4, 0.5) is 0 Å². The number of benzene rings is 1. The number of hydrogen-bond acceptors (Lipinski definition) is 4. The average molecular weight is 266 g/mol. The predicted molar refractivity (Wildman–Crippen MR) is 74.0 cm³/mol. The maximum atomic E-state index is 11.4. The number of ether oxygens (including phenoxy) is 2. The topological polar surface area (TPSA) is 73.6 Å². The van der Waals surface area contributed by atoms with E-state index in [1.54, 1.807) is 7.11 Å². The molecule has 0 aliphatic heterocycles. The molecule has 1 aromatic rings. The minimum atomic E-state index is -0.161. The molecule has 0 radical (unpaired) electrons. The van der Waals surface area contributed by atoms with Gasteiger partial charge in [0.2, 0.25) is 0 Å². The lowest BCUT2D eigenvalue weighted by Gasteiger charge is -2.11. The summed E-state index contributed by atoms with van der Waals surface area (Å²) in [5.74, 6) is 0.500. The summed E-state index contributed by atoms with van der Waals surface area (Å²) in [5, 5.41) is 2.68. The van der Waals surface area contributed by atoms with E-state index in [1.165, 1.54) is 0 Å². The van der Waals surface area contributed by atoms with Crippen molar-refractivity contribution in [2.24, 2.45) is 5.73 Å². The largest absolute Gasteiger partial charge is 0.484 e. The van der Waals surface area contributed by atoms with Gasteiger partial charge in [-0.2, -0.15) is 0 Å². The molecule has 5 heteroatoms. The van der Waals surface area contributed by atoms with Crippen LogP contribution < -0.4 is 15.8 Å². The second-order valence-electron chi connectivity index (χ2n) is 4.22. The number of hydrogen-bond donors (Lipinski definition) is 2. The van der Waals surface area contributed by atoms with Gasteiger partial charge in [-0.05, 0) is 24.1 Å². The zero-order valence-corrected chi connectivity index (χ0v) is 11.5. The molecular weight excluding hydrogens is 244 g/mol. The van der Waals surface area contributed by atoms with Gasteiger partial charge in [0.05, 0.1) is 6.61 Å². The van der Waals surface area contributed by atoms with E-state index in [4.69, 9.17) is 15.2 Å². The van der Waals surface area contributed by atoms with Crippen LogP contribution in [-0.4, -0.2) is 32.8 Å². The summed E-state index contributed by atoms with van der Waals surface area (Å²) in [6.45, 7) is 3.03. The summed E-state index contributed by atoms with van der Waals surface area (Å²) in [4.78, 5) is 11.4. The second-order valence-corrected chi connectivity index (χ2v) is 4.22. The molecule has 0 spiro atoms. The lowest BCUT2D eigenvalue weighted by Crippen LogP contribution is -2.31. The van der Waals surface area contributed by atoms with E-state index in [2.05, 4.69) is 5.32 Å². The van der Waals surface area contributed by atoms with Crippen molar-refractivity contribution in [3.63, 3.8) is 0 Å². The fourth-order valence-electron chi connectivity index (χ4n) is 1.54. The lowest BCUT2D eigenvalue weighted by atomic mass is 10.1. The first-order valence-corrected chi connectivity index (χ1v) is 6.41. The van der Waals surface area contributed by atoms with Gasteiger partial charge >= 0.3 is 0 Å². The third-order valence-corrected chi connectivity index (χ3v) is 2.75. The smallest absolute Gasteiger partial charge is 0.258 e. The quantitative estimate of drug-likeness (QED) is 0.694. The minimum Gasteiger partial charge on any atom is -0.484 e. The number of methoxy groups -OCH3 is 1. The first-order chi connectivity index (χ1) is 9.17. The van der Waals surface area contributed by atoms with E-state index in [1.807, 2.05) is 31.2 Å². The molecule has 1 atom stereocenters. The van der Waals surface area contributed by atoms with Crippen LogP contribution in [-0.2, 0) is 9.53 Å². The number of amides is 1. The van der Waals surface area contributed by atoms with Crippen LogP contribution in [0, 0.1) is 0 Å². The van der Waals surface area contributed by atoms with Gasteiger partial charge in [-0.3, -0.25) is 4.79 Å². The molecule has 1 rings (SSSR count). The average Bonchev–Trinajstić information content (AvgIpc) is 2.45. The van der Waals surface area contributed by atoms with Gasteiger partial charge in [-0.1, -0.05) is 19.1 Å². The summed E-state index contributed by atoms with van der Waals surface area (Å²) >= 11 is 0. The van der Waals surface area contributed by atoms with Crippen molar-refractivity contribution in [2.75, 3.05) is 26.9 Å². The molecule has 0 aliphatic carbocycles. The van der Waals surface area contributed by atoms with Crippen LogP contribution in [0.25, 0.3) is 0 Å². The highest BCUT2D eigenvalue weighted by atomic mass is 16.5. The molecule has 5 nitrogen and oxygen atoms in total. The Balaban J connectivity index is 2.35. The molecule has 1 unspecified atom stereocenters. The number of carbonyl (C=O) groups excluding carboxylic acids is 1. The molecule has 0 saturated heterocycles. The Morgan fingerprint density at radius 2 is 2.05 bits per heavy atom. The molecule has 1 aromatic carbocycles. The van der Waals surface area contributed by atoms with E-state index < -0.39 is 0 Å². The molecule has 0 fully saturated rings. The summed E-state index contributed by atoms with van der Waals surface area (Å²) in [5.41, 5.74) is 6.99. The zero-order chi connectivity index (χ0) is 14.1. The fraction of sp³-hybridized carbons (Fsp3) is 0.500. The summed E-state index contributed by atoms with van der Waals surface area (Å²) in [6, 6.07) is 7.55. The van der Waals surface area contributed by atoms with Gasteiger partial charge in [0, 0.05) is 19.7 Å². The maximum absolute atomic E-state index is 11.4. The first-order valence-electron chi connectivity index (χ1n) is 6.41. The van der Waals surface area contributed by atoms with Gasteiger partial charge in [-0.25, -0.2) is 0 Å². The molecule has 106 valence electrons. The number of rotatable bonds is 8. The maximum Gasteiger partial charge on any atom is 0.258 e. The SMILES string of the molecule is CCC(N)c1ccc(OCC(=O)NCCOC)cc1. The van der Waals surface area contributed by atoms with Crippen LogP contribution in [0.3, 0.4) is 0 Å². The van der Waals surface area contributed by atoms with Gasteiger partial charge in [0.1, 0.15) is 5.75 Å². The summed E-state index contributed by atoms with van der Waals surface area (Å²) in [6.07, 6.45) is 0.891. The van der Waals surface area contributed by atoms with E-state index in [0.717, 1.165) is 12.0 Å². The zero-order valence-electron chi connectivity index (χ0n) is 11.5. The van der Waals surface area contributed by atoms with E-state index >= 15 is 0 Å². The summed E-state index contributed by atoms with van der Waals surface area (Å²) in [7, 11) is 1.59. The third kappa shape index (κ3) is 5.72. The molecular formula is C14H22N2O3. The fourth-order valence-corrected chi connectivity index (χ4v) is 1.54. The van der Waals surface area contributed by atoms with Crippen LogP contribution in [0.15, 0.2) is 24.3 Å². The Kier molecular flexibility index (Phi) is 6.92. The lowest BCUT2D eigenvalue weighted by molar-refractivity contribution is -0.123. The van der Waals surface area contributed by atoms with Crippen molar-refractivity contribution in [1.82, 2.24) is 5.32 Å². The second kappa shape index (κ2) is 8.50. The normalized spacial score (nSPS) is 11.9. The van der Waals surface area contributed by atoms with Crippen molar-refractivity contribution >= 4 is 5.91 Å². The molecule has 0 bridgehead atoms. The number of carbonyl (C=O) groups is 1. The molecule has 0 heterocycles. The minimum absolute atomic E-state index is 0.00287. The van der Waals surface area contributed by atoms with Gasteiger partial charge in [-0.15, -0.1) is 0 Å². The van der Waals surface area contributed by atoms with Gasteiger partial charge in [0.25, 0.3) is 5.91 Å². The highest BCUT2D eigenvalue weighted by Gasteiger charge is 2.05. The molecule has 19 heavy (non-hydrogen) atoms. The van der Waals surface area contributed by atoms with Crippen LogP contribution in [0.1, 0.15) is 24.9 Å². The Bertz CT molecular complexity index is 379. The van der Waals surface area contributed by atoms with E-state index in [-0.39, 0.29) is 18.6 Å². The number of nitrogens with two attached hydrogens (primary N) is 1. The molecule has 0 saturated carbocycles. The predicted octanol–water partition coefficient (Wildman–Crippen LogP) is 1.24. The molecule has 1 amide bonds. The van der Waals surface area contributed by atoms with Gasteiger partial charge in [0.15, 0.2) is 6.61 Å². The Hall–Kier alpha value is -1.59. The number of nitrogens with one attached hydrogen (secondary N) is 1. The van der Waals surface area contributed by atoms with Crippen LogP contribution in [0.2, 0.25) is 0 Å². The Morgan fingerprint density at radius 1 is 1.37 bits per heavy atom. The Labute approximate surface area is 114 Å². The molecule has 3 N–H and O–H groups in total.